The zero-order chi connectivity index (χ0) is 18.6. The molecule has 9 heteroatoms. The summed E-state index contributed by atoms with van der Waals surface area (Å²) >= 11 is 0. The predicted molar refractivity (Wildman–Crippen MR) is 102 cm³/mol. The van der Waals surface area contributed by atoms with Gasteiger partial charge in [-0.1, -0.05) is 19.8 Å². The van der Waals surface area contributed by atoms with Gasteiger partial charge in [0.2, 0.25) is 10.0 Å². The molecule has 0 radical (unpaired) electrons. The molecule has 144 valence electrons. The topological polar surface area (TPSA) is 105 Å². The van der Waals surface area contributed by atoms with Gasteiger partial charge in [0, 0.05) is 18.2 Å². The molecule has 3 aromatic heterocycles. The van der Waals surface area contributed by atoms with Gasteiger partial charge in [0.05, 0.1) is 17.0 Å². The molecule has 2 aliphatic carbocycles. The molecule has 2 fully saturated rings. The van der Waals surface area contributed by atoms with Crippen LogP contribution < -0.4 is 4.72 Å². The summed E-state index contributed by atoms with van der Waals surface area (Å²) in [7, 11) is -3.24. The van der Waals surface area contributed by atoms with Crippen LogP contribution in [0.1, 0.15) is 57.2 Å². The number of rotatable bonds is 4. The Morgan fingerprint density at radius 1 is 1.22 bits per heavy atom. The van der Waals surface area contributed by atoms with Crippen LogP contribution in [-0.4, -0.2) is 44.3 Å². The van der Waals surface area contributed by atoms with Crippen LogP contribution in [-0.2, 0) is 10.0 Å². The first-order chi connectivity index (χ1) is 13.0. The van der Waals surface area contributed by atoms with Crippen molar-refractivity contribution >= 4 is 26.8 Å². The summed E-state index contributed by atoms with van der Waals surface area (Å²) in [6.45, 7) is 2.17. The molecule has 3 heterocycles. The molecule has 0 amide bonds. The molecule has 27 heavy (non-hydrogen) atoms. The monoisotopic (exact) mass is 388 g/mol. The molecular weight excluding hydrogens is 364 g/mol. The fourth-order valence-corrected chi connectivity index (χ4v) is 6.67. The minimum absolute atomic E-state index is 0.0356. The smallest absolute Gasteiger partial charge is 0.214 e. The summed E-state index contributed by atoms with van der Waals surface area (Å²) in [5.41, 5.74) is 2.47. The van der Waals surface area contributed by atoms with Crippen LogP contribution in [0, 0.1) is 5.92 Å². The second kappa shape index (κ2) is 6.27. The molecule has 2 aliphatic rings. The van der Waals surface area contributed by atoms with Gasteiger partial charge in [-0.3, -0.25) is 4.40 Å². The summed E-state index contributed by atoms with van der Waals surface area (Å²) in [5.74, 6) is 1.39. The highest BCUT2D eigenvalue weighted by atomic mass is 32.2. The Hall–Kier alpha value is -2.00. The van der Waals surface area contributed by atoms with Crippen molar-refractivity contribution in [2.75, 3.05) is 0 Å². The van der Waals surface area contributed by atoms with E-state index < -0.39 is 10.0 Å². The number of hydrogen-bond acceptors (Lipinski definition) is 5. The molecule has 3 atom stereocenters. The first-order valence-electron chi connectivity index (χ1n) is 9.71. The maximum absolute atomic E-state index is 12.7. The van der Waals surface area contributed by atoms with E-state index in [9.17, 15) is 8.42 Å². The van der Waals surface area contributed by atoms with E-state index in [4.69, 9.17) is 0 Å². The van der Waals surface area contributed by atoms with Crippen LogP contribution >= 0.6 is 0 Å². The number of hydrogen-bond donors (Lipinski definition) is 2. The Morgan fingerprint density at radius 3 is 2.85 bits per heavy atom. The molecule has 3 aromatic rings. The molecule has 1 unspecified atom stereocenters. The standard InChI is InChI=1S/C18H24N6O2S/c1-11-8-12(23-27(25,26)13-4-2-3-5-13)9-14(11)18-22-21-16-10-20-17-15(24(16)18)6-7-19-17/h6-7,10-14,19,23H,2-5,8-9H2,1H3/t11?,12-,14-/m1/s1. The molecule has 0 aromatic carbocycles. The Labute approximate surface area is 157 Å². The van der Waals surface area contributed by atoms with Crippen molar-refractivity contribution in [1.82, 2.24) is 29.3 Å². The van der Waals surface area contributed by atoms with Crippen LogP contribution in [0.15, 0.2) is 18.5 Å². The minimum atomic E-state index is -3.24. The molecule has 0 bridgehead atoms. The fraction of sp³-hybridized carbons (Fsp3) is 0.611. The van der Waals surface area contributed by atoms with Crippen molar-refractivity contribution in [3.05, 3.63) is 24.3 Å². The first-order valence-corrected chi connectivity index (χ1v) is 11.3. The Balaban J connectivity index is 1.43. The van der Waals surface area contributed by atoms with E-state index in [2.05, 4.69) is 31.8 Å². The quantitative estimate of drug-likeness (QED) is 0.714. The van der Waals surface area contributed by atoms with E-state index in [0.717, 1.165) is 61.2 Å². The van der Waals surface area contributed by atoms with Crippen LogP contribution in [0.5, 0.6) is 0 Å². The second-order valence-corrected chi connectivity index (χ2v) is 10.0. The van der Waals surface area contributed by atoms with Crippen molar-refractivity contribution in [3.8, 4) is 0 Å². The summed E-state index contributed by atoms with van der Waals surface area (Å²) in [6, 6.07) is 1.94. The molecule has 0 spiro atoms. The third-order valence-corrected chi connectivity index (χ3v) is 8.26. The normalized spacial score (nSPS) is 27.2. The van der Waals surface area contributed by atoms with Gasteiger partial charge < -0.3 is 4.98 Å². The van der Waals surface area contributed by atoms with Gasteiger partial charge in [-0.15, -0.1) is 10.2 Å². The molecule has 8 nitrogen and oxygen atoms in total. The van der Waals surface area contributed by atoms with Gasteiger partial charge in [0.15, 0.2) is 11.3 Å². The summed E-state index contributed by atoms with van der Waals surface area (Å²) in [6.07, 6.45) is 8.76. The molecule has 2 saturated carbocycles. The average Bonchev–Trinajstić information content (AvgIpc) is 3.40. The number of H-pyrrole nitrogens is 1. The number of sulfonamides is 1. The number of aromatic nitrogens is 5. The first kappa shape index (κ1) is 17.1. The Morgan fingerprint density at radius 2 is 2.04 bits per heavy atom. The van der Waals surface area contributed by atoms with Crippen molar-refractivity contribution in [3.63, 3.8) is 0 Å². The highest BCUT2D eigenvalue weighted by molar-refractivity contribution is 7.90. The van der Waals surface area contributed by atoms with Gasteiger partial charge in [0.1, 0.15) is 5.82 Å². The third-order valence-electron chi connectivity index (χ3n) is 6.25. The lowest BCUT2D eigenvalue weighted by Crippen LogP contribution is -2.39. The van der Waals surface area contributed by atoms with Crippen LogP contribution in [0.2, 0.25) is 0 Å². The zero-order valence-electron chi connectivity index (χ0n) is 15.3. The number of fused-ring (bicyclic) bond motifs is 3. The lowest BCUT2D eigenvalue weighted by atomic mass is 9.97. The molecule has 0 aliphatic heterocycles. The van der Waals surface area contributed by atoms with Crippen molar-refractivity contribution in [1.29, 1.82) is 0 Å². The third kappa shape index (κ3) is 2.84. The predicted octanol–water partition coefficient (Wildman–Crippen LogP) is 2.35. The van der Waals surface area contributed by atoms with E-state index in [1.165, 1.54) is 0 Å². The van der Waals surface area contributed by atoms with Crippen molar-refractivity contribution in [2.45, 2.75) is 62.7 Å². The van der Waals surface area contributed by atoms with Gasteiger partial charge in [-0.05, 0) is 37.7 Å². The number of aromatic amines is 1. The fourth-order valence-electron chi connectivity index (χ4n) is 4.87. The van der Waals surface area contributed by atoms with Gasteiger partial charge in [0.25, 0.3) is 0 Å². The maximum atomic E-state index is 12.7. The van der Waals surface area contributed by atoms with Gasteiger partial charge >= 0.3 is 0 Å². The lowest BCUT2D eigenvalue weighted by Gasteiger charge is -2.17. The summed E-state index contributed by atoms with van der Waals surface area (Å²) < 4.78 is 30.4. The number of nitrogens with zero attached hydrogens (tertiary/aromatic N) is 4. The Kier molecular flexibility index (Phi) is 3.98. The maximum Gasteiger partial charge on any atom is 0.214 e. The van der Waals surface area contributed by atoms with Crippen molar-refractivity contribution < 1.29 is 8.42 Å². The highest BCUT2D eigenvalue weighted by Gasteiger charge is 2.39. The molecule has 0 saturated heterocycles. The largest absolute Gasteiger partial charge is 0.345 e. The summed E-state index contributed by atoms with van der Waals surface area (Å²) in [5, 5.41) is 8.52. The van der Waals surface area contributed by atoms with Crippen LogP contribution in [0.3, 0.4) is 0 Å². The average molecular weight is 388 g/mol. The summed E-state index contributed by atoms with van der Waals surface area (Å²) in [4.78, 5) is 7.49. The van der Waals surface area contributed by atoms with Gasteiger partial charge in [-0.25, -0.2) is 18.1 Å². The van der Waals surface area contributed by atoms with E-state index in [0.29, 0.717) is 5.92 Å². The lowest BCUT2D eigenvalue weighted by molar-refractivity contribution is 0.505. The number of nitrogens with one attached hydrogen (secondary N) is 2. The molecular formula is C18H24N6O2S. The van der Waals surface area contributed by atoms with E-state index in [-0.39, 0.29) is 17.2 Å². The molecule has 5 rings (SSSR count). The molecule has 2 N–H and O–H groups in total. The SMILES string of the molecule is CC1C[C@@H](NS(=O)(=O)C2CCCC2)C[C@H]1c1nnc2cnc3[nH]ccc3n12. The second-order valence-electron chi connectivity index (χ2n) is 8.04. The van der Waals surface area contributed by atoms with Crippen LogP contribution in [0.4, 0.5) is 0 Å². The minimum Gasteiger partial charge on any atom is -0.345 e. The van der Waals surface area contributed by atoms with Crippen molar-refractivity contribution in [2.24, 2.45) is 5.92 Å². The van der Waals surface area contributed by atoms with E-state index in [1.807, 2.05) is 16.7 Å². The Bertz CT molecular complexity index is 1080. The van der Waals surface area contributed by atoms with E-state index >= 15 is 0 Å². The van der Waals surface area contributed by atoms with E-state index in [1.54, 1.807) is 6.20 Å². The van der Waals surface area contributed by atoms with Crippen LogP contribution in [0.25, 0.3) is 16.8 Å². The van der Waals surface area contributed by atoms with Gasteiger partial charge in [-0.2, -0.15) is 0 Å². The highest BCUT2D eigenvalue weighted by Crippen LogP contribution is 2.40. The zero-order valence-corrected chi connectivity index (χ0v) is 16.1.